The maximum Gasteiger partial charge on any atom is 0.199 e. The lowest BCUT2D eigenvalue weighted by atomic mass is 10.1. The van der Waals surface area contributed by atoms with Crippen LogP contribution in [-0.4, -0.2) is 19.9 Å². The molecule has 1 radical (unpaired) electrons. The van der Waals surface area contributed by atoms with E-state index in [-0.39, 0.29) is 0 Å². The van der Waals surface area contributed by atoms with Gasteiger partial charge in [-0.15, -0.1) is 0 Å². The van der Waals surface area contributed by atoms with Gasteiger partial charge in [0.25, 0.3) is 0 Å². The summed E-state index contributed by atoms with van der Waals surface area (Å²) in [5.74, 6) is 0. The summed E-state index contributed by atoms with van der Waals surface area (Å²) in [4.78, 5) is 17.4. The average Bonchev–Trinajstić information content (AvgIpc) is 2.54. The molecule has 0 aliphatic heterocycles. The van der Waals surface area contributed by atoms with Crippen LogP contribution < -0.4 is 0 Å². The molecule has 2 aromatic heterocycles. The first-order valence-corrected chi connectivity index (χ1v) is 6.27. The van der Waals surface area contributed by atoms with E-state index in [0.29, 0.717) is 0 Å². The van der Waals surface area contributed by atoms with E-state index in [4.69, 9.17) is 0 Å². The SMILES string of the molecule is [c]1nc(-c2cnc3ccccc3n2)c2ccccc2n1. The summed E-state index contributed by atoms with van der Waals surface area (Å²) >= 11 is 0. The van der Waals surface area contributed by atoms with Crippen molar-refractivity contribution in [3.8, 4) is 11.4 Å². The van der Waals surface area contributed by atoms with E-state index in [9.17, 15) is 0 Å². The second-order valence-corrected chi connectivity index (χ2v) is 4.43. The van der Waals surface area contributed by atoms with E-state index in [1.165, 1.54) is 0 Å². The highest BCUT2D eigenvalue weighted by Gasteiger charge is 2.08. The van der Waals surface area contributed by atoms with Crippen LogP contribution in [0.2, 0.25) is 0 Å². The van der Waals surface area contributed by atoms with Gasteiger partial charge in [-0.3, -0.25) is 4.98 Å². The van der Waals surface area contributed by atoms with Crippen LogP contribution in [-0.2, 0) is 0 Å². The van der Waals surface area contributed by atoms with Crippen LogP contribution in [0.25, 0.3) is 33.3 Å². The van der Waals surface area contributed by atoms with Gasteiger partial charge in [-0.2, -0.15) is 0 Å². The van der Waals surface area contributed by atoms with Gasteiger partial charge < -0.3 is 0 Å². The maximum absolute atomic E-state index is 4.62. The number of hydrogen-bond donors (Lipinski definition) is 0. The number of aromatic nitrogens is 4. The van der Waals surface area contributed by atoms with Gasteiger partial charge in [0.05, 0.1) is 22.7 Å². The van der Waals surface area contributed by atoms with Gasteiger partial charge in [-0.05, 0) is 18.2 Å². The quantitative estimate of drug-likeness (QED) is 0.526. The van der Waals surface area contributed by atoms with E-state index in [0.717, 1.165) is 33.3 Å². The fraction of sp³-hybridized carbons (Fsp3) is 0. The fourth-order valence-corrected chi connectivity index (χ4v) is 2.23. The highest BCUT2D eigenvalue weighted by atomic mass is 14.9. The Morgan fingerprint density at radius 2 is 1.50 bits per heavy atom. The molecule has 4 nitrogen and oxygen atoms in total. The average molecular weight is 257 g/mol. The normalized spacial score (nSPS) is 11.0. The minimum absolute atomic E-state index is 0.735. The lowest BCUT2D eigenvalue weighted by molar-refractivity contribution is 1.18. The molecule has 0 unspecified atom stereocenters. The summed E-state index contributed by atoms with van der Waals surface area (Å²) in [6, 6.07) is 15.6. The molecule has 0 bridgehead atoms. The van der Waals surface area contributed by atoms with Gasteiger partial charge in [0.2, 0.25) is 0 Å². The zero-order valence-corrected chi connectivity index (χ0v) is 10.5. The molecule has 0 saturated carbocycles. The minimum atomic E-state index is 0.735. The number of nitrogens with zero attached hydrogens (tertiary/aromatic N) is 4. The molecule has 0 fully saturated rings. The van der Waals surface area contributed by atoms with Crippen molar-refractivity contribution in [3.05, 3.63) is 61.1 Å². The Bertz CT molecular complexity index is 913. The Morgan fingerprint density at radius 1 is 0.750 bits per heavy atom. The monoisotopic (exact) mass is 257 g/mol. The van der Waals surface area contributed by atoms with Gasteiger partial charge in [-0.25, -0.2) is 15.0 Å². The van der Waals surface area contributed by atoms with E-state index >= 15 is 0 Å². The fourth-order valence-electron chi connectivity index (χ4n) is 2.23. The molecule has 4 aromatic rings. The summed E-state index contributed by atoms with van der Waals surface area (Å²) in [6.45, 7) is 0. The standard InChI is InChI=1S/C16H9N4/c1-2-6-12-11(5-1)16(19-10-18-12)15-9-17-13-7-3-4-8-14(13)20-15/h1-9H. The van der Waals surface area contributed by atoms with Crippen LogP contribution in [0.3, 0.4) is 0 Å². The molecule has 0 amide bonds. The smallest absolute Gasteiger partial charge is 0.199 e. The molecular formula is C16H9N4. The van der Waals surface area contributed by atoms with Crippen LogP contribution in [0.5, 0.6) is 0 Å². The first-order valence-electron chi connectivity index (χ1n) is 6.27. The molecule has 0 aliphatic carbocycles. The van der Waals surface area contributed by atoms with Gasteiger partial charge >= 0.3 is 0 Å². The van der Waals surface area contributed by atoms with Gasteiger partial charge in [-0.1, -0.05) is 30.3 Å². The predicted molar refractivity (Wildman–Crippen MR) is 76.9 cm³/mol. The van der Waals surface area contributed by atoms with Gasteiger partial charge in [0, 0.05) is 5.39 Å². The van der Waals surface area contributed by atoms with E-state index in [1.807, 2.05) is 48.5 Å². The van der Waals surface area contributed by atoms with Crippen molar-refractivity contribution in [2.75, 3.05) is 0 Å². The van der Waals surface area contributed by atoms with Crippen molar-refractivity contribution in [1.29, 1.82) is 0 Å². The molecule has 93 valence electrons. The molecule has 20 heavy (non-hydrogen) atoms. The van der Waals surface area contributed by atoms with Crippen LogP contribution in [0.1, 0.15) is 0 Å². The van der Waals surface area contributed by atoms with E-state index < -0.39 is 0 Å². The van der Waals surface area contributed by atoms with Gasteiger partial charge in [0.1, 0.15) is 11.4 Å². The predicted octanol–water partition coefficient (Wildman–Crippen LogP) is 3.04. The summed E-state index contributed by atoms with van der Waals surface area (Å²) in [5.41, 5.74) is 4.08. The molecular weight excluding hydrogens is 248 g/mol. The highest BCUT2D eigenvalue weighted by molar-refractivity contribution is 5.91. The Balaban J connectivity index is 2.01. The molecule has 2 heterocycles. The van der Waals surface area contributed by atoms with Crippen LogP contribution >= 0.6 is 0 Å². The summed E-state index contributed by atoms with van der Waals surface area (Å²) in [5, 5.41) is 0.954. The highest BCUT2D eigenvalue weighted by Crippen LogP contribution is 2.24. The molecule has 0 spiro atoms. The van der Waals surface area contributed by atoms with Crippen LogP contribution in [0.15, 0.2) is 54.7 Å². The Morgan fingerprint density at radius 3 is 2.40 bits per heavy atom. The molecule has 0 atom stereocenters. The third-order valence-corrected chi connectivity index (χ3v) is 3.18. The van der Waals surface area contributed by atoms with E-state index in [2.05, 4.69) is 26.3 Å². The van der Waals surface area contributed by atoms with Crippen molar-refractivity contribution in [2.45, 2.75) is 0 Å². The molecule has 2 aromatic carbocycles. The van der Waals surface area contributed by atoms with Crippen molar-refractivity contribution in [3.63, 3.8) is 0 Å². The summed E-state index contributed by atoms with van der Waals surface area (Å²) in [6.07, 6.45) is 4.42. The Labute approximate surface area is 115 Å². The number of benzene rings is 2. The zero-order chi connectivity index (χ0) is 13.4. The number of hydrogen-bond acceptors (Lipinski definition) is 4. The second kappa shape index (κ2) is 4.35. The van der Waals surface area contributed by atoms with Crippen molar-refractivity contribution < 1.29 is 0 Å². The first-order chi connectivity index (χ1) is 9.92. The summed E-state index contributed by atoms with van der Waals surface area (Å²) in [7, 11) is 0. The number of rotatable bonds is 1. The van der Waals surface area contributed by atoms with Crippen molar-refractivity contribution in [1.82, 2.24) is 19.9 Å². The lowest BCUT2D eigenvalue weighted by Crippen LogP contribution is -1.93. The first kappa shape index (κ1) is 11.0. The molecule has 4 heteroatoms. The van der Waals surface area contributed by atoms with Crippen molar-refractivity contribution >= 4 is 21.9 Å². The third-order valence-electron chi connectivity index (χ3n) is 3.18. The molecule has 0 N–H and O–H groups in total. The molecule has 0 aliphatic rings. The second-order valence-electron chi connectivity index (χ2n) is 4.43. The van der Waals surface area contributed by atoms with Crippen LogP contribution in [0, 0.1) is 6.33 Å². The number of fused-ring (bicyclic) bond motifs is 2. The van der Waals surface area contributed by atoms with Crippen molar-refractivity contribution in [2.24, 2.45) is 0 Å². The third kappa shape index (κ3) is 1.70. The van der Waals surface area contributed by atoms with Crippen LogP contribution in [0.4, 0.5) is 0 Å². The summed E-state index contributed by atoms with van der Waals surface area (Å²) < 4.78 is 0. The zero-order valence-electron chi connectivity index (χ0n) is 10.5. The Kier molecular flexibility index (Phi) is 2.39. The minimum Gasteiger partial charge on any atom is -0.252 e. The maximum atomic E-state index is 4.62. The topological polar surface area (TPSA) is 51.6 Å². The van der Waals surface area contributed by atoms with Gasteiger partial charge in [0.15, 0.2) is 6.33 Å². The van der Waals surface area contributed by atoms with E-state index in [1.54, 1.807) is 6.20 Å². The molecule has 0 saturated heterocycles. The lowest BCUT2D eigenvalue weighted by Gasteiger charge is -2.04. The largest absolute Gasteiger partial charge is 0.252 e. The molecule has 4 rings (SSSR count). The number of para-hydroxylation sites is 3. The Hall–Kier alpha value is -2.88.